The van der Waals surface area contributed by atoms with E-state index in [0.29, 0.717) is 6.29 Å². The van der Waals surface area contributed by atoms with Crippen LogP contribution < -0.4 is 5.32 Å². The van der Waals surface area contributed by atoms with Crippen LogP contribution in [0.2, 0.25) is 0 Å². The predicted octanol–water partition coefficient (Wildman–Crippen LogP) is 3.05. The van der Waals surface area contributed by atoms with E-state index < -0.39 is 23.8 Å². The number of aldehydes is 1. The lowest BCUT2D eigenvalue weighted by atomic mass is 9.81. The molecule has 1 aromatic heterocycles. The zero-order valence-electron chi connectivity index (χ0n) is 14.1. The van der Waals surface area contributed by atoms with Gasteiger partial charge in [0.25, 0.3) is 5.91 Å². The first-order valence-electron chi connectivity index (χ1n) is 8.73. The minimum atomic E-state index is -2.71. The molecule has 1 unspecified atom stereocenters. The summed E-state index contributed by atoms with van der Waals surface area (Å²) < 4.78 is 53.8. The van der Waals surface area contributed by atoms with Crippen LogP contribution in [0.25, 0.3) is 0 Å². The molecule has 2 saturated carbocycles. The summed E-state index contributed by atoms with van der Waals surface area (Å²) in [6, 6.07) is 0.596. The highest BCUT2D eigenvalue weighted by atomic mass is 19.3. The normalized spacial score (nSPS) is 23.8. The molecule has 1 atom stereocenters. The summed E-state index contributed by atoms with van der Waals surface area (Å²) in [5.74, 6) is -6.50. The highest BCUT2D eigenvalue weighted by Gasteiger charge is 2.45. The van der Waals surface area contributed by atoms with E-state index in [1.807, 2.05) is 0 Å². The van der Waals surface area contributed by atoms with Crippen molar-refractivity contribution in [3.05, 3.63) is 18.0 Å². The Kier molecular flexibility index (Phi) is 5.07. The molecule has 0 saturated heterocycles. The van der Waals surface area contributed by atoms with Crippen molar-refractivity contribution < 1.29 is 27.2 Å². The summed E-state index contributed by atoms with van der Waals surface area (Å²) in [6.45, 7) is 0.201. The minimum absolute atomic E-state index is 0.160. The summed E-state index contributed by atoms with van der Waals surface area (Å²) >= 11 is 0. The van der Waals surface area contributed by atoms with Gasteiger partial charge in [0.1, 0.15) is 12.0 Å². The largest absolute Gasteiger partial charge is 0.341 e. The van der Waals surface area contributed by atoms with Crippen LogP contribution >= 0.6 is 0 Å². The molecule has 1 heterocycles. The summed E-state index contributed by atoms with van der Waals surface area (Å²) in [6.07, 6.45) is 1.21. The van der Waals surface area contributed by atoms with Crippen molar-refractivity contribution in [3.63, 3.8) is 0 Å². The van der Waals surface area contributed by atoms with Gasteiger partial charge in [-0.15, -0.1) is 0 Å². The highest BCUT2D eigenvalue weighted by Crippen LogP contribution is 2.43. The highest BCUT2D eigenvalue weighted by molar-refractivity contribution is 5.94. The average Bonchev–Trinajstić information content (AvgIpc) is 2.99. The second kappa shape index (κ2) is 7.00. The van der Waals surface area contributed by atoms with Crippen molar-refractivity contribution in [2.45, 2.75) is 63.0 Å². The van der Waals surface area contributed by atoms with E-state index in [0.717, 1.165) is 0 Å². The van der Waals surface area contributed by atoms with E-state index in [1.165, 1.54) is 16.9 Å². The number of alkyl halides is 4. The van der Waals surface area contributed by atoms with E-state index in [4.69, 9.17) is 0 Å². The monoisotopic (exact) mass is 375 g/mol. The van der Waals surface area contributed by atoms with Crippen LogP contribution in [0.1, 0.15) is 49.0 Å². The third kappa shape index (κ3) is 4.24. The van der Waals surface area contributed by atoms with Crippen LogP contribution in [0.15, 0.2) is 12.3 Å². The van der Waals surface area contributed by atoms with Crippen LogP contribution in [-0.4, -0.2) is 39.9 Å². The number of rotatable bonds is 6. The molecule has 3 rings (SSSR count). The van der Waals surface area contributed by atoms with E-state index >= 15 is 0 Å². The van der Waals surface area contributed by atoms with Crippen molar-refractivity contribution in [1.82, 2.24) is 15.1 Å². The molecule has 144 valence electrons. The van der Waals surface area contributed by atoms with Gasteiger partial charge < -0.3 is 10.1 Å². The molecular weight excluding hydrogens is 354 g/mol. The molecule has 2 aliphatic rings. The first-order valence-corrected chi connectivity index (χ1v) is 8.73. The second-order valence-electron chi connectivity index (χ2n) is 7.36. The Balaban J connectivity index is 1.59. The molecule has 5 nitrogen and oxygen atoms in total. The number of aromatic nitrogens is 2. The van der Waals surface area contributed by atoms with Crippen molar-refractivity contribution in [1.29, 1.82) is 0 Å². The summed E-state index contributed by atoms with van der Waals surface area (Å²) in [5, 5.41) is 6.57. The molecule has 0 aromatic carbocycles. The molecule has 9 heteroatoms. The quantitative estimate of drug-likeness (QED) is 0.614. The Morgan fingerprint density at radius 2 is 1.92 bits per heavy atom. The molecule has 1 aromatic rings. The molecule has 0 spiro atoms. The summed E-state index contributed by atoms with van der Waals surface area (Å²) in [4.78, 5) is 23.8. The number of nitrogens with one attached hydrogen (secondary N) is 1. The molecular formula is C17H21F4N3O2. The number of hydrogen-bond acceptors (Lipinski definition) is 3. The Bertz CT molecular complexity index is 659. The van der Waals surface area contributed by atoms with Crippen molar-refractivity contribution in [2.75, 3.05) is 0 Å². The maximum absolute atomic E-state index is 13.3. The van der Waals surface area contributed by atoms with Gasteiger partial charge in [0, 0.05) is 38.4 Å². The van der Waals surface area contributed by atoms with E-state index in [9.17, 15) is 27.2 Å². The van der Waals surface area contributed by atoms with Gasteiger partial charge in [-0.3, -0.25) is 9.48 Å². The molecule has 26 heavy (non-hydrogen) atoms. The SMILES string of the molecule is O=CC(NC(=O)c1ccnn1CC1CC(F)(F)C1)C1CCC(F)(F)CC1. The summed E-state index contributed by atoms with van der Waals surface area (Å²) in [7, 11) is 0. The fourth-order valence-electron chi connectivity index (χ4n) is 3.74. The lowest BCUT2D eigenvalue weighted by Gasteiger charge is -2.35. The third-order valence-corrected chi connectivity index (χ3v) is 5.27. The summed E-state index contributed by atoms with van der Waals surface area (Å²) in [5.41, 5.74) is 0.174. The molecule has 1 N–H and O–H groups in total. The first kappa shape index (κ1) is 18.8. The minimum Gasteiger partial charge on any atom is -0.341 e. The van der Waals surface area contributed by atoms with Crippen molar-refractivity contribution in [2.24, 2.45) is 11.8 Å². The molecule has 2 aliphatic carbocycles. The standard InChI is InChI=1S/C17H21F4N3O2/c18-16(19)4-1-12(2-5-16)13(10-25)23-15(26)14-3-6-22-24(14)9-11-7-17(20,21)8-11/h3,6,10-13H,1-2,4-5,7-9H2,(H,23,26). The number of halogens is 4. The number of carbonyl (C=O) groups is 2. The Morgan fingerprint density at radius 3 is 2.50 bits per heavy atom. The average molecular weight is 375 g/mol. The maximum atomic E-state index is 13.3. The molecule has 1 amide bonds. The fourth-order valence-corrected chi connectivity index (χ4v) is 3.74. The van der Waals surface area contributed by atoms with Crippen molar-refractivity contribution >= 4 is 12.2 Å². The van der Waals surface area contributed by atoms with Crippen LogP contribution in [-0.2, 0) is 11.3 Å². The molecule has 0 radical (unpaired) electrons. The van der Waals surface area contributed by atoms with Gasteiger partial charge in [0.05, 0.1) is 6.04 Å². The van der Waals surface area contributed by atoms with E-state index in [2.05, 4.69) is 10.4 Å². The Hall–Kier alpha value is -1.93. The van der Waals surface area contributed by atoms with Gasteiger partial charge in [0.15, 0.2) is 0 Å². The lowest BCUT2D eigenvalue weighted by molar-refractivity contribution is -0.115. The van der Waals surface area contributed by atoms with Crippen LogP contribution in [0.3, 0.4) is 0 Å². The molecule has 2 fully saturated rings. The first-order chi connectivity index (χ1) is 12.2. The third-order valence-electron chi connectivity index (χ3n) is 5.27. The molecule has 0 aliphatic heterocycles. The van der Waals surface area contributed by atoms with Gasteiger partial charge in [-0.2, -0.15) is 5.10 Å². The van der Waals surface area contributed by atoms with Gasteiger partial charge >= 0.3 is 0 Å². The van der Waals surface area contributed by atoms with Crippen LogP contribution in [0.5, 0.6) is 0 Å². The zero-order chi connectivity index (χ0) is 18.9. The predicted molar refractivity (Wildman–Crippen MR) is 84.1 cm³/mol. The van der Waals surface area contributed by atoms with Crippen LogP contribution in [0.4, 0.5) is 17.6 Å². The number of nitrogens with zero attached hydrogens (tertiary/aromatic N) is 2. The number of carbonyl (C=O) groups excluding carboxylic acids is 2. The number of amides is 1. The van der Waals surface area contributed by atoms with Gasteiger partial charge in [-0.05, 0) is 30.7 Å². The number of hydrogen-bond donors (Lipinski definition) is 1. The van der Waals surface area contributed by atoms with E-state index in [-0.39, 0.29) is 62.6 Å². The Labute approximate surface area is 148 Å². The zero-order valence-corrected chi connectivity index (χ0v) is 14.1. The van der Waals surface area contributed by atoms with Crippen molar-refractivity contribution in [3.8, 4) is 0 Å². The second-order valence-corrected chi connectivity index (χ2v) is 7.36. The van der Waals surface area contributed by atoms with E-state index in [1.54, 1.807) is 0 Å². The van der Waals surface area contributed by atoms with Gasteiger partial charge in [0.2, 0.25) is 11.8 Å². The lowest BCUT2D eigenvalue weighted by Crippen LogP contribution is -2.45. The van der Waals surface area contributed by atoms with Gasteiger partial charge in [-0.25, -0.2) is 17.6 Å². The Morgan fingerprint density at radius 1 is 1.27 bits per heavy atom. The fraction of sp³-hybridized carbons (Fsp3) is 0.706. The van der Waals surface area contributed by atoms with Gasteiger partial charge in [-0.1, -0.05) is 0 Å². The molecule has 0 bridgehead atoms. The van der Waals surface area contributed by atoms with Crippen LogP contribution in [0, 0.1) is 11.8 Å². The topological polar surface area (TPSA) is 64.0 Å². The smallest absolute Gasteiger partial charge is 0.270 e. The maximum Gasteiger partial charge on any atom is 0.270 e.